The Labute approximate surface area is 102 Å². The van der Waals surface area contributed by atoms with E-state index in [9.17, 15) is 4.79 Å². The predicted octanol–water partition coefficient (Wildman–Crippen LogP) is 2.06. The summed E-state index contributed by atoms with van der Waals surface area (Å²) in [6.45, 7) is 2.57. The highest BCUT2D eigenvalue weighted by Crippen LogP contribution is 2.16. The van der Waals surface area contributed by atoms with Crippen LogP contribution >= 0.6 is 0 Å². The molecule has 2 rings (SSSR count). The number of nitrogens with zero attached hydrogens (tertiary/aromatic N) is 2. The van der Waals surface area contributed by atoms with Gasteiger partial charge >= 0.3 is 0 Å². The first-order valence-corrected chi connectivity index (χ1v) is 6.20. The molecule has 0 fully saturated rings. The summed E-state index contributed by atoms with van der Waals surface area (Å²) in [7, 11) is 0. The topological polar surface area (TPSA) is 46.9 Å². The van der Waals surface area contributed by atoms with Crippen molar-refractivity contribution in [3.8, 4) is 0 Å². The number of carbonyl (C=O) groups excluding carboxylic acids is 1. The number of hydrogen-bond acceptors (Lipinski definition) is 2. The molecule has 1 amide bonds. The zero-order chi connectivity index (χ0) is 12.1. The van der Waals surface area contributed by atoms with E-state index in [1.807, 2.05) is 17.7 Å². The lowest BCUT2D eigenvalue weighted by atomic mass is 10.00. The van der Waals surface area contributed by atoms with Gasteiger partial charge in [0, 0.05) is 18.9 Å². The first-order chi connectivity index (χ1) is 8.27. The van der Waals surface area contributed by atoms with Gasteiger partial charge in [0.1, 0.15) is 6.04 Å². The Hall–Kier alpha value is -1.58. The van der Waals surface area contributed by atoms with Gasteiger partial charge in [-0.15, -0.1) is 0 Å². The minimum Gasteiger partial charge on any atom is -0.351 e. The van der Waals surface area contributed by atoms with Gasteiger partial charge in [-0.3, -0.25) is 4.79 Å². The van der Waals surface area contributed by atoms with Crippen LogP contribution in [0.5, 0.6) is 0 Å². The van der Waals surface area contributed by atoms with Crippen molar-refractivity contribution in [3.63, 3.8) is 0 Å². The molecule has 1 aromatic rings. The minimum absolute atomic E-state index is 0.0504. The van der Waals surface area contributed by atoms with Crippen molar-refractivity contribution in [3.05, 3.63) is 30.4 Å². The van der Waals surface area contributed by atoms with E-state index in [-0.39, 0.29) is 11.9 Å². The van der Waals surface area contributed by atoms with Crippen molar-refractivity contribution >= 4 is 5.91 Å². The fourth-order valence-corrected chi connectivity index (χ4v) is 2.05. The monoisotopic (exact) mass is 233 g/mol. The second-order valence-electron chi connectivity index (χ2n) is 4.51. The van der Waals surface area contributed by atoms with E-state index < -0.39 is 0 Å². The summed E-state index contributed by atoms with van der Waals surface area (Å²) in [6.07, 6.45) is 12.2. The standard InChI is InChI=1S/C13H19N3O/c1-11(16-8-7-14-10-16)13(17)15-9-12-5-3-2-4-6-12/h5,7-8,10-11H,2-4,6,9H2,1H3,(H,15,17)/t11-/m1/s1. The summed E-state index contributed by atoms with van der Waals surface area (Å²) in [4.78, 5) is 15.8. The molecule has 0 spiro atoms. The molecule has 1 N–H and O–H groups in total. The van der Waals surface area contributed by atoms with Crippen LogP contribution in [0.4, 0.5) is 0 Å². The van der Waals surface area contributed by atoms with Crippen LogP contribution in [0.2, 0.25) is 0 Å². The van der Waals surface area contributed by atoms with Gasteiger partial charge in [0.15, 0.2) is 0 Å². The quantitative estimate of drug-likeness (QED) is 0.809. The lowest BCUT2D eigenvalue weighted by Crippen LogP contribution is -2.32. The second-order valence-corrected chi connectivity index (χ2v) is 4.51. The van der Waals surface area contributed by atoms with Crippen molar-refractivity contribution in [2.75, 3.05) is 6.54 Å². The maximum Gasteiger partial charge on any atom is 0.243 e. The van der Waals surface area contributed by atoms with E-state index in [1.165, 1.54) is 18.4 Å². The van der Waals surface area contributed by atoms with Crippen molar-refractivity contribution < 1.29 is 4.79 Å². The number of rotatable bonds is 4. The van der Waals surface area contributed by atoms with Crippen molar-refractivity contribution in [2.24, 2.45) is 0 Å². The zero-order valence-electron chi connectivity index (χ0n) is 10.2. The van der Waals surface area contributed by atoms with Crippen LogP contribution in [0.25, 0.3) is 0 Å². The number of nitrogens with one attached hydrogen (secondary N) is 1. The van der Waals surface area contributed by atoms with E-state index in [0.29, 0.717) is 6.54 Å². The number of hydrogen-bond donors (Lipinski definition) is 1. The highest BCUT2D eigenvalue weighted by molar-refractivity contribution is 5.80. The molecular weight excluding hydrogens is 214 g/mol. The molecule has 0 bridgehead atoms. The van der Waals surface area contributed by atoms with Crippen LogP contribution in [0.15, 0.2) is 30.4 Å². The summed E-state index contributed by atoms with van der Waals surface area (Å²) >= 11 is 0. The Bertz CT molecular complexity index is 395. The molecule has 0 saturated carbocycles. The maximum absolute atomic E-state index is 11.9. The third-order valence-electron chi connectivity index (χ3n) is 3.23. The van der Waals surface area contributed by atoms with Crippen LogP contribution in [0.3, 0.4) is 0 Å². The van der Waals surface area contributed by atoms with Crippen molar-refractivity contribution in [1.82, 2.24) is 14.9 Å². The average Bonchev–Trinajstić information content (AvgIpc) is 2.90. The third kappa shape index (κ3) is 3.19. The molecule has 0 saturated heterocycles. The molecule has 4 nitrogen and oxygen atoms in total. The van der Waals surface area contributed by atoms with Gasteiger partial charge in [0.05, 0.1) is 6.33 Å². The summed E-state index contributed by atoms with van der Waals surface area (Å²) in [5.74, 6) is 0.0504. The largest absolute Gasteiger partial charge is 0.351 e. The van der Waals surface area contributed by atoms with E-state index in [0.717, 1.165) is 12.8 Å². The molecular formula is C13H19N3O. The van der Waals surface area contributed by atoms with Gasteiger partial charge in [-0.2, -0.15) is 0 Å². The van der Waals surface area contributed by atoms with Gasteiger partial charge in [0.25, 0.3) is 0 Å². The molecule has 1 atom stereocenters. The Morgan fingerprint density at radius 3 is 3.12 bits per heavy atom. The molecule has 17 heavy (non-hydrogen) atoms. The average molecular weight is 233 g/mol. The lowest BCUT2D eigenvalue weighted by molar-refractivity contribution is -0.123. The number of imidazole rings is 1. The van der Waals surface area contributed by atoms with E-state index in [4.69, 9.17) is 0 Å². The van der Waals surface area contributed by atoms with E-state index in [1.54, 1.807) is 12.5 Å². The molecule has 1 aromatic heterocycles. The normalized spacial score (nSPS) is 17.4. The second kappa shape index (κ2) is 5.66. The maximum atomic E-state index is 11.9. The molecule has 1 heterocycles. The molecule has 1 aliphatic rings. The van der Waals surface area contributed by atoms with Crippen LogP contribution in [0, 0.1) is 0 Å². The number of amides is 1. The Morgan fingerprint density at radius 1 is 1.59 bits per heavy atom. The van der Waals surface area contributed by atoms with Crippen LogP contribution in [-0.4, -0.2) is 22.0 Å². The van der Waals surface area contributed by atoms with Gasteiger partial charge in [0.2, 0.25) is 5.91 Å². The number of aromatic nitrogens is 2. The van der Waals surface area contributed by atoms with Crippen LogP contribution in [-0.2, 0) is 4.79 Å². The Morgan fingerprint density at radius 2 is 2.47 bits per heavy atom. The van der Waals surface area contributed by atoms with Gasteiger partial charge in [-0.05, 0) is 32.6 Å². The van der Waals surface area contributed by atoms with Gasteiger partial charge in [-0.25, -0.2) is 4.98 Å². The van der Waals surface area contributed by atoms with E-state index >= 15 is 0 Å². The summed E-state index contributed by atoms with van der Waals surface area (Å²) in [5.41, 5.74) is 1.36. The molecule has 0 unspecified atom stereocenters. The number of allylic oxidation sites excluding steroid dienone is 1. The predicted molar refractivity (Wildman–Crippen MR) is 66.5 cm³/mol. The Balaban J connectivity index is 1.83. The molecule has 0 aliphatic heterocycles. The molecule has 0 radical (unpaired) electrons. The fourth-order valence-electron chi connectivity index (χ4n) is 2.05. The fraction of sp³-hybridized carbons (Fsp3) is 0.538. The Kier molecular flexibility index (Phi) is 3.96. The zero-order valence-corrected chi connectivity index (χ0v) is 10.2. The summed E-state index contributed by atoms with van der Waals surface area (Å²) < 4.78 is 1.81. The van der Waals surface area contributed by atoms with Crippen LogP contribution < -0.4 is 5.32 Å². The number of carbonyl (C=O) groups is 1. The molecule has 4 heteroatoms. The van der Waals surface area contributed by atoms with Gasteiger partial charge < -0.3 is 9.88 Å². The first-order valence-electron chi connectivity index (χ1n) is 6.20. The summed E-state index contributed by atoms with van der Waals surface area (Å²) in [6, 6.07) is -0.193. The highest BCUT2D eigenvalue weighted by atomic mass is 16.2. The summed E-state index contributed by atoms with van der Waals surface area (Å²) in [5, 5.41) is 2.98. The molecule has 1 aliphatic carbocycles. The van der Waals surface area contributed by atoms with Crippen molar-refractivity contribution in [2.45, 2.75) is 38.6 Å². The molecule has 92 valence electrons. The smallest absolute Gasteiger partial charge is 0.243 e. The van der Waals surface area contributed by atoms with E-state index in [2.05, 4.69) is 16.4 Å². The molecule has 0 aromatic carbocycles. The minimum atomic E-state index is -0.193. The lowest BCUT2D eigenvalue weighted by Gasteiger charge is -2.16. The highest BCUT2D eigenvalue weighted by Gasteiger charge is 2.14. The van der Waals surface area contributed by atoms with Gasteiger partial charge in [-0.1, -0.05) is 11.6 Å². The SMILES string of the molecule is C[C@H](C(=O)NCC1=CCCCC1)n1ccnc1. The first kappa shape index (κ1) is 11.9. The van der Waals surface area contributed by atoms with Crippen molar-refractivity contribution in [1.29, 1.82) is 0 Å². The third-order valence-corrected chi connectivity index (χ3v) is 3.23. The van der Waals surface area contributed by atoms with Crippen LogP contribution in [0.1, 0.15) is 38.6 Å².